The minimum absolute atomic E-state index is 0.0686. The molecule has 1 aromatic rings. The number of benzene rings is 1. The van der Waals surface area contributed by atoms with Gasteiger partial charge in [-0.1, -0.05) is 22.9 Å². The van der Waals surface area contributed by atoms with E-state index < -0.39 is 10.0 Å². The Morgan fingerprint density at radius 2 is 2.00 bits per heavy atom. The Kier molecular flexibility index (Phi) is 5.55. The minimum Gasteiger partial charge on any atom is -0.392 e. The SMILES string of the molecule is CCC(C)N(C)S(=O)(=O)c1cc(CO)cc(Br)c1C. The van der Waals surface area contributed by atoms with E-state index in [0.29, 0.717) is 15.6 Å². The Hall–Kier alpha value is -0.430. The third kappa shape index (κ3) is 3.37. The standard InChI is InChI=1S/C13H20BrNO3S/c1-5-9(2)15(4)19(17,18)13-7-11(8-16)6-12(14)10(13)3/h6-7,9,16H,5,8H2,1-4H3. The van der Waals surface area contributed by atoms with Gasteiger partial charge in [-0.3, -0.25) is 0 Å². The van der Waals surface area contributed by atoms with E-state index in [1.807, 2.05) is 13.8 Å². The smallest absolute Gasteiger partial charge is 0.243 e. The summed E-state index contributed by atoms with van der Waals surface area (Å²) in [6, 6.07) is 3.20. The van der Waals surface area contributed by atoms with Crippen LogP contribution in [0.5, 0.6) is 0 Å². The van der Waals surface area contributed by atoms with Crippen molar-refractivity contribution in [3.05, 3.63) is 27.7 Å². The molecule has 0 aliphatic heterocycles. The van der Waals surface area contributed by atoms with Gasteiger partial charge in [0.1, 0.15) is 0 Å². The van der Waals surface area contributed by atoms with Crippen molar-refractivity contribution >= 4 is 26.0 Å². The van der Waals surface area contributed by atoms with E-state index in [4.69, 9.17) is 0 Å². The Bertz CT molecular complexity index is 557. The molecule has 0 aliphatic carbocycles. The van der Waals surface area contributed by atoms with Gasteiger partial charge in [0.25, 0.3) is 0 Å². The molecule has 1 unspecified atom stereocenters. The molecular formula is C13H20BrNO3S. The quantitative estimate of drug-likeness (QED) is 0.888. The van der Waals surface area contributed by atoms with Gasteiger partial charge in [0.05, 0.1) is 11.5 Å². The highest BCUT2D eigenvalue weighted by Crippen LogP contribution is 2.28. The number of aliphatic hydroxyl groups is 1. The first kappa shape index (κ1) is 16.6. The maximum Gasteiger partial charge on any atom is 0.243 e. The third-order valence-electron chi connectivity index (χ3n) is 3.41. The molecule has 108 valence electrons. The second-order valence-electron chi connectivity index (χ2n) is 4.64. The van der Waals surface area contributed by atoms with Crippen LogP contribution in [0, 0.1) is 6.92 Å². The second kappa shape index (κ2) is 6.35. The van der Waals surface area contributed by atoms with Gasteiger partial charge in [-0.15, -0.1) is 0 Å². The molecule has 0 saturated heterocycles. The van der Waals surface area contributed by atoms with E-state index >= 15 is 0 Å². The van der Waals surface area contributed by atoms with E-state index in [1.54, 1.807) is 20.0 Å². The van der Waals surface area contributed by atoms with Gasteiger partial charge in [0.2, 0.25) is 10.0 Å². The molecule has 0 heterocycles. The monoisotopic (exact) mass is 349 g/mol. The summed E-state index contributed by atoms with van der Waals surface area (Å²) >= 11 is 3.34. The van der Waals surface area contributed by atoms with Crippen LogP contribution >= 0.6 is 15.9 Å². The normalized spacial score (nSPS) is 13.8. The number of hydrogen-bond acceptors (Lipinski definition) is 3. The zero-order valence-electron chi connectivity index (χ0n) is 11.6. The van der Waals surface area contributed by atoms with Crippen LogP contribution in [-0.4, -0.2) is 30.9 Å². The lowest BCUT2D eigenvalue weighted by molar-refractivity contribution is 0.281. The molecule has 0 bridgehead atoms. The number of nitrogens with zero attached hydrogens (tertiary/aromatic N) is 1. The van der Waals surface area contributed by atoms with Crippen molar-refractivity contribution in [2.45, 2.75) is 44.7 Å². The number of halogens is 1. The summed E-state index contributed by atoms with van der Waals surface area (Å²) in [7, 11) is -1.96. The highest BCUT2D eigenvalue weighted by molar-refractivity contribution is 9.10. The van der Waals surface area contributed by atoms with Gasteiger partial charge in [-0.05, 0) is 43.5 Å². The van der Waals surface area contributed by atoms with E-state index in [1.165, 1.54) is 10.4 Å². The van der Waals surface area contributed by atoms with E-state index in [-0.39, 0.29) is 17.5 Å². The summed E-state index contributed by atoms with van der Waals surface area (Å²) in [5.74, 6) is 0. The maximum atomic E-state index is 12.6. The summed E-state index contributed by atoms with van der Waals surface area (Å²) in [5.41, 5.74) is 1.24. The Morgan fingerprint density at radius 1 is 1.42 bits per heavy atom. The van der Waals surface area contributed by atoms with Crippen LogP contribution < -0.4 is 0 Å². The first-order chi connectivity index (χ1) is 8.75. The Morgan fingerprint density at radius 3 is 2.47 bits per heavy atom. The molecule has 1 atom stereocenters. The molecule has 4 nitrogen and oxygen atoms in total. The van der Waals surface area contributed by atoms with Gasteiger partial charge in [0.15, 0.2) is 0 Å². The average molecular weight is 350 g/mol. The van der Waals surface area contributed by atoms with E-state index in [2.05, 4.69) is 15.9 Å². The maximum absolute atomic E-state index is 12.6. The lowest BCUT2D eigenvalue weighted by Gasteiger charge is -2.24. The van der Waals surface area contributed by atoms with Crippen molar-refractivity contribution < 1.29 is 13.5 Å². The molecule has 19 heavy (non-hydrogen) atoms. The van der Waals surface area contributed by atoms with Crippen molar-refractivity contribution in [1.82, 2.24) is 4.31 Å². The van der Waals surface area contributed by atoms with Gasteiger partial charge in [-0.25, -0.2) is 8.42 Å². The number of hydrogen-bond donors (Lipinski definition) is 1. The molecule has 0 aliphatic rings. The molecule has 1 rings (SSSR count). The summed E-state index contributed by atoms with van der Waals surface area (Å²) < 4.78 is 27.3. The minimum atomic E-state index is -3.54. The van der Waals surface area contributed by atoms with Crippen molar-refractivity contribution in [2.24, 2.45) is 0 Å². The summed E-state index contributed by atoms with van der Waals surface area (Å²) in [4.78, 5) is 0.244. The zero-order chi connectivity index (χ0) is 14.8. The van der Waals surface area contributed by atoms with Crippen LogP contribution in [0.25, 0.3) is 0 Å². The predicted molar refractivity (Wildman–Crippen MR) is 79.5 cm³/mol. The van der Waals surface area contributed by atoms with Gasteiger partial charge < -0.3 is 5.11 Å². The van der Waals surface area contributed by atoms with E-state index in [0.717, 1.165) is 6.42 Å². The summed E-state index contributed by atoms with van der Waals surface area (Å²) in [5, 5.41) is 9.21. The molecule has 6 heteroatoms. The largest absolute Gasteiger partial charge is 0.392 e. The average Bonchev–Trinajstić information content (AvgIpc) is 2.39. The molecule has 1 N–H and O–H groups in total. The van der Waals surface area contributed by atoms with Crippen molar-refractivity contribution in [3.63, 3.8) is 0 Å². The first-order valence-electron chi connectivity index (χ1n) is 6.13. The lowest BCUT2D eigenvalue weighted by atomic mass is 10.2. The van der Waals surface area contributed by atoms with Crippen molar-refractivity contribution in [2.75, 3.05) is 7.05 Å². The second-order valence-corrected chi connectivity index (χ2v) is 7.46. The summed E-state index contributed by atoms with van der Waals surface area (Å²) in [6.07, 6.45) is 0.746. The lowest BCUT2D eigenvalue weighted by Crippen LogP contribution is -2.35. The molecular weight excluding hydrogens is 330 g/mol. The Balaban J connectivity index is 3.40. The fourth-order valence-corrected chi connectivity index (χ4v) is 4.08. The highest BCUT2D eigenvalue weighted by Gasteiger charge is 2.27. The van der Waals surface area contributed by atoms with Crippen molar-refractivity contribution in [3.8, 4) is 0 Å². The topological polar surface area (TPSA) is 57.6 Å². The van der Waals surface area contributed by atoms with Crippen LogP contribution in [-0.2, 0) is 16.6 Å². The number of sulfonamides is 1. The van der Waals surface area contributed by atoms with Gasteiger partial charge >= 0.3 is 0 Å². The van der Waals surface area contributed by atoms with Crippen LogP contribution in [0.1, 0.15) is 31.4 Å². The predicted octanol–water partition coefficient (Wildman–Crippen LogP) is 2.67. The van der Waals surface area contributed by atoms with Crippen LogP contribution in [0.3, 0.4) is 0 Å². The fraction of sp³-hybridized carbons (Fsp3) is 0.538. The molecule has 1 aromatic carbocycles. The van der Waals surface area contributed by atoms with Gasteiger partial charge in [-0.2, -0.15) is 4.31 Å². The molecule has 0 amide bonds. The molecule has 0 aromatic heterocycles. The number of aliphatic hydroxyl groups excluding tert-OH is 1. The van der Waals surface area contributed by atoms with Gasteiger partial charge in [0, 0.05) is 17.6 Å². The highest BCUT2D eigenvalue weighted by atomic mass is 79.9. The van der Waals surface area contributed by atoms with Crippen LogP contribution in [0.15, 0.2) is 21.5 Å². The summed E-state index contributed by atoms with van der Waals surface area (Å²) in [6.45, 7) is 5.39. The van der Waals surface area contributed by atoms with E-state index in [9.17, 15) is 13.5 Å². The molecule has 0 fully saturated rings. The van der Waals surface area contributed by atoms with Crippen molar-refractivity contribution in [1.29, 1.82) is 0 Å². The zero-order valence-corrected chi connectivity index (χ0v) is 14.0. The molecule has 0 spiro atoms. The first-order valence-corrected chi connectivity index (χ1v) is 8.36. The van der Waals surface area contributed by atoms with Crippen LogP contribution in [0.4, 0.5) is 0 Å². The number of rotatable bonds is 5. The van der Waals surface area contributed by atoms with Crippen LogP contribution in [0.2, 0.25) is 0 Å². The molecule has 0 saturated carbocycles. The third-order valence-corrected chi connectivity index (χ3v) is 6.33. The molecule has 0 radical (unpaired) electrons. The Labute approximate surface area is 123 Å². The fourth-order valence-electron chi connectivity index (χ4n) is 1.72.